The number of nitrogens with zero attached hydrogens (tertiary/aromatic N) is 1. The zero-order chi connectivity index (χ0) is 14.1. The molecule has 1 aromatic carbocycles. The molecule has 1 N–H and O–H groups in total. The quantitative estimate of drug-likeness (QED) is 0.918. The molecule has 0 saturated heterocycles. The molecule has 0 saturated carbocycles. The van der Waals surface area contributed by atoms with Crippen LogP contribution in [0, 0.1) is 6.92 Å². The highest BCUT2D eigenvalue weighted by Crippen LogP contribution is 2.25. The summed E-state index contributed by atoms with van der Waals surface area (Å²) in [5, 5.41) is 5.24. The van der Waals surface area contributed by atoms with Crippen LogP contribution in [-0.2, 0) is 13.0 Å². The molecule has 2 heterocycles. The summed E-state index contributed by atoms with van der Waals surface area (Å²) < 4.78 is 0. The fourth-order valence-corrected chi connectivity index (χ4v) is 3.57. The Kier molecular flexibility index (Phi) is 3.49. The van der Waals surface area contributed by atoms with Gasteiger partial charge in [0, 0.05) is 36.3 Å². The zero-order valence-electron chi connectivity index (χ0n) is 11.8. The molecule has 0 aliphatic carbocycles. The van der Waals surface area contributed by atoms with Crippen LogP contribution in [0.5, 0.6) is 0 Å². The summed E-state index contributed by atoms with van der Waals surface area (Å²) in [6, 6.07) is 7.99. The van der Waals surface area contributed by atoms with Crippen LogP contribution in [-0.4, -0.2) is 24.4 Å². The second-order valence-electron chi connectivity index (χ2n) is 5.13. The van der Waals surface area contributed by atoms with Crippen LogP contribution in [0.15, 0.2) is 29.6 Å². The number of nitrogens with one attached hydrogen (secondary N) is 1. The first-order valence-electron chi connectivity index (χ1n) is 6.82. The minimum Gasteiger partial charge on any atom is -0.388 e. The number of thiophene rings is 1. The molecule has 0 unspecified atom stereocenters. The van der Waals surface area contributed by atoms with Crippen molar-refractivity contribution in [2.45, 2.75) is 19.9 Å². The number of fused-ring (bicyclic) bond motifs is 1. The van der Waals surface area contributed by atoms with Gasteiger partial charge in [0.1, 0.15) is 0 Å². The number of anilines is 1. The van der Waals surface area contributed by atoms with Gasteiger partial charge in [-0.2, -0.15) is 0 Å². The van der Waals surface area contributed by atoms with Crippen molar-refractivity contribution in [2.75, 3.05) is 18.9 Å². The minimum absolute atomic E-state index is 0.132. The van der Waals surface area contributed by atoms with Gasteiger partial charge in [0.2, 0.25) is 0 Å². The van der Waals surface area contributed by atoms with Crippen molar-refractivity contribution in [3.8, 4) is 0 Å². The lowest BCUT2D eigenvalue weighted by Crippen LogP contribution is -2.35. The molecule has 0 atom stereocenters. The van der Waals surface area contributed by atoms with Gasteiger partial charge in [-0.25, -0.2) is 0 Å². The molecular weight excluding hydrogens is 268 g/mol. The molecule has 3 nitrogen and oxygen atoms in total. The molecule has 4 heteroatoms. The Morgan fingerprint density at radius 3 is 2.95 bits per heavy atom. The van der Waals surface area contributed by atoms with Crippen LogP contribution in [0.4, 0.5) is 5.69 Å². The van der Waals surface area contributed by atoms with Crippen molar-refractivity contribution in [2.24, 2.45) is 0 Å². The van der Waals surface area contributed by atoms with Crippen molar-refractivity contribution in [1.82, 2.24) is 4.90 Å². The van der Waals surface area contributed by atoms with Gasteiger partial charge in [-0.15, -0.1) is 11.3 Å². The van der Waals surface area contributed by atoms with E-state index in [1.165, 1.54) is 10.4 Å². The van der Waals surface area contributed by atoms with Gasteiger partial charge in [0.15, 0.2) is 0 Å². The highest BCUT2D eigenvalue weighted by Gasteiger charge is 2.22. The normalized spacial score (nSPS) is 14.0. The molecule has 2 aromatic rings. The van der Waals surface area contributed by atoms with E-state index in [1.54, 1.807) is 11.3 Å². The van der Waals surface area contributed by atoms with E-state index in [4.69, 9.17) is 0 Å². The number of carbonyl (C=O) groups is 1. The van der Waals surface area contributed by atoms with E-state index in [0.29, 0.717) is 0 Å². The van der Waals surface area contributed by atoms with Crippen molar-refractivity contribution < 1.29 is 4.79 Å². The first-order chi connectivity index (χ1) is 9.69. The molecule has 104 valence electrons. The average molecular weight is 286 g/mol. The fourth-order valence-electron chi connectivity index (χ4n) is 2.68. The van der Waals surface area contributed by atoms with Crippen LogP contribution in [0.2, 0.25) is 0 Å². The van der Waals surface area contributed by atoms with Crippen molar-refractivity contribution in [3.63, 3.8) is 0 Å². The van der Waals surface area contributed by atoms with Crippen molar-refractivity contribution in [1.29, 1.82) is 0 Å². The SMILES string of the molecule is CNc1ccc(C(=O)N2CCc3sccc3C2)cc1C. The lowest BCUT2D eigenvalue weighted by atomic mass is 10.1. The number of aryl methyl sites for hydroxylation is 1. The summed E-state index contributed by atoms with van der Waals surface area (Å²) in [6.45, 7) is 3.58. The van der Waals surface area contributed by atoms with Gasteiger partial charge in [-0.3, -0.25) is 4.79 Å². The molecule has 0 bridgehead atoms. The Balaban J connectivity index is 1.81. The number of hydrogen-bond acceptors (Lipinski definition) is 3. The van der Waals surface area contributed by atoms with E-state index in [1.807, 2.05) is 37.1 Å². The number of hydrogen-bond donors (Lipinski definition) is 1. The molecule has 1 aliphatic rings. The molecule has 3 rings (SSSR count). The highest BCUT2D eigenvalue weighted by atomic mass is 32.1. The van der Waals surface area contributed by atoms with E-state index >= 15 is 0 Å². The third-order valence-electron chi connectivity index (χ3n) is 3.84. The predicted octanol–water partition coefficient (Wildman–Crippen LogP) is 3.30. The van der Waals surface area contributed by atoms with Crippen LogP contribution in [0.3, 0.4) is 0 Å². The van der Waals surface area contributed by atoms with Crippen LogP contribution < -0.4 is 5.32 Å². The van der Waals surface area contributed by atoms with E-state index in [2.05, 4.69) is 16.8 Å². The Hall–Kier alpha value is -1.81. The molecule has 1 aliphatic heterocycles. The van der Waals surface area contributed by atoms with E-state index < -0.39 is 0 Å². The number of rotatable bonds is 2. The topological polar surface area (TPSA) is 32.3 Å². The number of benzene rings is 1. The summed E-state index contributed by atoms with van der Waals surface area (Å²) in [5.41, 5.74) is 4.25. The first-order valence-corrected chi connectivity index (χ1v) is 7.70. The van der Waals surface area contributed by atoms with Crippen LogP contribution in [0.1, 0.15) is 26.4 Å². The summed E-state index contributed by atoms with van der Waals surface area (Å²) in [5.74, 6) is 0.132. The molecule has 1 aromatic heterocycles. The standard InChI is InChI=1S/C16H18N2OS/c1-11-9-12(3-4-14(11)17-2)16(19)18-7-5-15-13(10-18)6-8-20-15/h3-4,6,8-9,17H,5,7,10H2,1-2H3. The van der Waals surface area contributed by atoms with E-state index in [0.717, 1.165) is 36.3 Å². The predicted molar refractivity (Wildman–Crippen MR) is 83.5 cm³/mol. The third-order valence-corrected chi connectivity index (χ3v) is 4.86. The van der Waals surface area contributed by atoms with Crippen LogP contribution in [0.25, 0.3) is 0 Å². The Bertz CT molecular complexity index is 648. The van der Waals surface area contributed by atoms with Gasteiger partial charge in [-0.05, 0) is 54.1 Å². The third kappa shape index (κ3) is 2.31. The van der Waals surface area contributed by atoms with Gasteiger partial charge < -0.3 is 10.2 Å². The van der Waals surface area contributed by atoms with Gasteiger partial charge >= 0.3 is 0 Å². The van der Waals surface area contributed by atoms with Crippen LogP contribution >= 0.6 is 11.3 Å². The van der Waals surface area contributed by atoms with E-state index in [9.17, 15) is 4.79 Å². The Morgan fingerprint density at radius 2 is 2.20 bits per heavy atom. The van der Waals surface area contributed by atoms with Crippen molar-refractivity contribution >= 4 is 22.9 Å². The molecular formula is C16H18N2OS. The summed E-state index contributed by atoms with van der Waals surface area (Å²) in [6.07, 6.45) is 0.978. The fraction of sp³-hybridized carbons (Fsp3) is 0.312. The minimum atomic E-state index is 0.132. The smallest absolute Gasteiger partial charge is 0.254 e. The Morgan fingerprint density at radius 1 is 1.35 bits per heavy atom. The van der Waals surface area contributed by atoms with E-state index in [-0.39, 0.29) is 5.91 Å². The molecule has 0 radical (unpaired) electrons. The molecule has 0 spiro atoms. The van der Waals surface area contributed by atoms with Crippen molar-refractivity contribution in [3.05, 3.63) is 51.2 Å². The summed E-state index contributed by atoms with van der Waals surface area (Å²) >= 11 is 1.80. The highest BCUT2D eigenvalue weighted by molar-refractivity contribution is 7.10. The average Bonchev–Trinajstić information content (AvgIpc) is 2.93. The molecule has 0 fully saturated rings. The van der Waals surface area contributed by atoms with Gasteiger partial charge in [0.25, 0.3) is 5.91 Å². The Labute approximate surface area is 123 Å². The lowest BCUT2D eigenvalue weighted by Gasteiger charge is -2.27. The maximum absolute atomic E-state index is 12.6. The summed E-state index contributed by atoms with van der Waals surface area (Å²) in [4.78, 5) is 16.0. The largest absolute Gasteiger partial charge is 0.388 e. The number of amides is 1. The second kappa shape index (κ2) is 5.29. The zero-order valence-corrected chi connectivity index (χ0v) is 12.6. The lowest BCUT2D eigenvalue weighted by molar-refractivity contribution is 0.0736. The summed E-state index contributed by atoms with van der Waals surface area (Å²) in [7, 11) is 1.90. The second-order valence-corrected chi connectivity index (χ2v) is 6.13. The number of carbonyl (C=O) groups excluding carboxylic acids is 1. The van der Waals surface area contributed by atoms with Gasteiger partial charge in [0.05, 0.1) is 0 Å². The maximum Gasteiger partial charge on any atom is 0.254 e. The maximum atomic E-state index is 12.6. The molecule has 20 heavy (non-hydrogen) atoms. The first kappa shape index (κ1) is 13.2. The van der Waals surface area contributed by atoms with Gasteiger partial charge in [-0.1, -0.05) is 0 Å². The molecule has 1 amide bonds. The monoisotopic (exact) mass is 286 g/mol.